The third-order valence-electron chi connectivity index (χ3n) is 7.22. The summed E-state index contributed by atoms with van der Waals surface area (Å²) in [4.78, 5) is 64.0. The molecule has 0 saturated heterocycles. The molecule has 13 nitrogen and oxygen atoms in total. The summed E-state index contributed by atoms with van der Waals surface area (Å²) in [7, 11) is 0. The first-order valence-electron chi connectivity index (χ1n) is 13.7. The van der Waals surface area contributed by atoms with Gasteiger partial charge >= 0.3 is 5.97 Å². The molecule has 3 atom stereocenters. The van der Waals surface area contributed by atoms with Crippen molar-refractivity contribution in [2.45, 2.75) is 37.4 Å². The minimum atomic E-state index is -1.27. The molecule has 3 aromatic heterocycles. The van der Waals surface area contributed by atoms with Crippen molar-refractivity contribution in [3.63, 3.8) is 0 Å². The number of nitrogens with zero attached hydrogens (tertiary/aromatic N) is 1. The van der Waals surface area contributed by atoms with Gasteiger partial charge in [0.05, 0.1) is 18.9 Å². The Morgan fingerprint density at radius 2 is 1.42 bits per heavy atom. The summed E-state index contributed by atoms with van der Waals surface area (Å²) in [5, 5.41) is 19.3. The van der Waals surface area contributed by atoms with Crippen LogP contribution in [0.5, 0.6) is 0 Å². The molecule has 0 spiro atoms. The standard InChI is InChI=1S/C30H32N8O5/c31-22(9-17-12-33-23-7-3-1-5-20(17)23)28(40)35-15-27(39)37-25(10-18-13-34-24-8-4-2-6-21(18)24)29(41)38-26(30(42)43)11-19-14-32-16-36-19/h1-8,12-14,16,22,25-26,33-34H,9-11,15,31H2,(H,32,36)(H,35,40)(H,37,39)(H,38,41)(H,42,43). The quantitative estimate of drug-likeness (QED) is 0.100. The number of nitrogens with two attached hydrogens (primary N) is 1. The summed E-state index contributed by atoms with van der Waals surface area (Å²) >= 11 is 0. The predicted octanol–water partition coefficient (Wildman–Crippen LogP) is 0.898. The third-order valence-corrected chi connectivity index (χ3v) is 7.22. The largest absolute Gasteiger partial charge is 0.480 e. The van der Waals surface area contributed by atoms with E-state index in [4.69, 9.17) is 5.73 Å². The fraction of sp³-hybridized carbons (Fsp3) is 0.233. The molecule has 43 heavy (non-hydrogen) atoms. The number of para-hydroxylation sites is 2. The number of fused-ring (bicyclic) bond motifs is 2. The molecular weight excluding hydrogens is 552 g/mol. The van der Waals surface area contributed by atoms with Crippen LogP contribution in [0.1, 0.15) is 16.8 Å². The Morgan fingerprint density at radius 1 is 0.791 bits per heavy atom. The highest BCUT2D eigenvalue weighted by molar-refractivity contribution is 5.94. The second-order valence-corrected chi connectivity index (χ2v) is 10.3. The topological polar surface area (TPSA) is 211 Å². The van der Waals surface area contributed by atoms with Crippen molar-refractivity contribution >= 4 is 45.5 Å². The second-order valence-electron chi connectivity index (χ2n) is 10.3. The number of H-pyrrole nitrogens is 3. The van der Waals surface area contributed by atoms with Crippen molar-refractivity contribution in [2.75, 3.05) is 6.54 Å². The Bertz CT molecular complexity index is 1740. The number of aromatic nitrogens is 4. The molecule has 3 unspecified atom stereocenters. The van der Waals surface area contributed by atoms with Crippen LogP contribution in [-0.2, 0) is 38.4 Å². The lowest BCUT2D eigenvalue weighted by molar-refractivity contribution is -0.142. The number of carboxylic acid groups (broad SMARTS) is 1. The Morgan fingerprint density at radius 3 is 2.02 bits per heavy atom. The van der Waals surface area contributed by atoms with Gasteiger partial charge in [-0.1, -0.05) is 36.4 Å². The lowest BCUT2D eigenvalue weighted by atomic mass is 10.0. The average molecular weight is 585 g/mol. The van der Waals surface area contributed by atoms with Crippen LogP contribution in [0.25, 0.3) is 21.8 Å². The summed E-state index contributed by atoms with van der Waals surface area (Å²) in [6, 6.07) is 11.8. The first-order chi connectivity index (χ1) is 20.8. The highest BCUT2D eigenvalue weighted by Crippen LogP contribution is 2.20. The van der Waals surface area contributed by atoms with E-state index in [0.29, 0.717) is 5.69 Å². The van der Waals surface area contributed by atoms with Crippen LogP contribution in [0.3, 0.4) is 0 Å². The number of nitrogens with one attached hydrogen (secondary N) is 6. The molecule has 222 valence electrons. The van der Waals surface area contributed by atoms with E-state index in [2.05, 4.69) is 35.9 Å². The highest BCUT2D eigenvalue weighted by atomic mass is 16.4. The van der Waals surface area contributed by atoms with Crippen molar-refractivity contribution in [1.29, 1.82) is 0 Å². The van der Waals surface area contributed by atoms with Crippen molar-refractivity contribution in [3.05, 3.63) is 90.3 Å². The average Bonchev–Trinajstić information content (AvgIpc) is 3.76. The summed E-state index contributed by atoms with van der Waals surface area (Å²) in [5.41, 5.74) is 10.1. The van der Waals surface area contributed by atoms with Gasteiger partial charge < -0.3 is 41.7 Å². The maximum absolute atomic E-state index is 13.4. The zero-order valence-electron chi connectivity index (χ0n) is 23.1. The molecular formula is C30H32N8O5. The Kier molecular flexibility index (Phi) is 8.82. The number of carboxylic acids is 1. The van der Waals surface area contributed by atoms with E-state index in [1.165, 1.54) is 12.5 Å². The molecule has 0 aliphatic rings. The molecule has 9 N–H and O–H groups in total. The van der Waals surface area contributed by atoms with Gasteiger partial charge in [-0.2, -0.15) is 0 Å². The highest BCUT2D eigenvalue weighted by Gasteiger charge is 2.28. The lowest BCUT2D eigenvalue weighted by Gasteiger charge is -2.21. The van der Waals surface area contributed by atoms with Crippen LogP contribution < -0.4 is 21.7 Å². The van der Waals surface area contributed by atoms with Crippen LogP contribution in [0, 0.1) is 0 Å². The molecule has 0 aliphatic carbocycles. The Hall–Kier alpha value is -5.43. The SMILES string of the molecule is NC(Cc1c[nH]c2ccccc12)C(=O)NCC(=O)NC(Cc1c[nH]c2ccccc12)C(=O)NC(Cc1cnc[nH]1)C(=O)O. The molecule has 0 radical (unpaired) electrons. The summed E-state index contributed by atoms with van der Waals surface area (Å²) in [5.74, 6) is -3.08. The zero-order chi connectivity index (χ0) is 30.3. The molecule has 13 heteroatoms. The van der Waals surface area contributed by atoms with Crippen molar-refractivity contribution < 1.29 is 24.3 Å². The van der Waals surface area contributed by atoms with Crippen LogP contribution in [0.15, 0.2) is 73.4 Å². The van der Waals surface area contributed by atoms with Crippen LogP contribution >= 0.6 is 0 Å². The number of benzene rings is 2. The van der Waals surface area contributed by atoms with Gasteiger partial charge in [0.1, 0.15) is 12.1 Å². The first kappa shape index (κ1) is 29.1. The number of aliphatic carboxylic acids is 1. The van der Waals surface area contributed by atoms with Gasteiger partial charge in [0.2, 0.25) is 17.7 Å². The minimum absolute atomic E-state index is 0.0286. The van der Waals surface area contributed by atoms with Crippen molar-refractivity contribution in [1.82, 2.24) is 35.9 Å². The van der Waals surface area contributed by atoms with E-state index in [1.807, 2.05) is 48.5 Å². The minimum Gasteiger partial charge on any atom is -0.480 e. The number of carbonyl (C=O) groups is 4. The fourth-order valence-electron chi connectivity index (χ4n) is 4.99. The number of hydrogen-bond donors (Lipinski definition) is 8. The summed E-state index contributed by atoms with van der Waals surface area (Å²) in [6.07, 6.45) is 6.73. The smallest absolute Gasteiger partial charge is 0.326 e. The zero-order valence-corrected chi connectivity index (χ0v) is 23.1. The van der Waals surface area contributed by atoms with E-state index < -0.39 is 48.4 Å². The number of imidazole rings is 1. The molecule has 2 aromatic carbocycles. The van der Waals surface area contributed by atoms with Crippen LogP contribution in [0.4, 0.5) is 0 Å². The van der Waals surface area contributed by atoms with E-state index in [9.17, 15) is 24.3 Å². The van der Waals surface area contributed by atoms with Crippen LogP contribution in [-0.4, -0.2) is 73.4 Å². The van der Waals surface area contributed by atoms with Gasteiger partial charge in [-0.15, -0.1) is 0 Å². The second kappa shape index (κ2) is 13.0. The number of carbonyl (C=O) groups excluding carboxylic acids is 3. The molecule has 0 bridgehead atoms. The molecule has 0 saturated carbocycles. The summed E-state index contributed by atoms with van der Waals surface area (Å²) in [6.45, 7) is -0.422. The number of amides is 3. The maximum atomic E-state index is 13.4. The molecule has 0 aliphatic heterocycles. The molecule has 5 rings (SSSR count). The fourth-order valence-corrected chi connectivity index (χ4v) is 4.99. The molecule has 5 aromatic rings. The van der Waals surface area contributed by atoms with Crippen molar-refractivity contribution in [2.24, 2.45) is 5.73 Å². The normalized spacial score (nSPS) is 13.3. The van der Waals surface area contributed by atoms with Gasteiger partial charge in [0.15, 0.2) is 0 Å². The van der Waals surface area contributed by atoms with Gasteiger partial charge in [-0.05, 0) is 29.7 Å². The number of aromatic amines is 3. The van der Waals surface area contributed by atoms with Gasteiger partial charge in [0.25, 0.3) is 0 Å². The predicted molar refractivity (Wildman–Crippen MR) is 159 cm³/mol. The third kappa shape index (κ3) is 7.08. The number of hydrogen-bond acceptors (Lipinski definition) is 6. The lowest BCUT2D eigenvalue weighted by Crippen LogP contribution is -2.55. The monoisotopic (exact) mass is 584 g/mol. The maximum Gasteiger partial charge on any atom is 0.326 e. The van der Waals surface area contributed by atoms with Gasteiger partial charge in [0, 0.05) is 58.9 Å². The van der Waals surface area contributed by atoms with E-state index in [-0.39, 0.29) is 19.3 Å². The van der Waals surface area contributed by atoms with E-state index in [1.54, 1.807) is 12.4 Å². The first-order valence-corrected chi connectivity index (χ1v) is 13.7. The number of rotatable bonds is 13. The summed E-state index contributed by atoms with van der Waals surface area (Å²) < 4.78 is 0. The van der Waals surface area contributed by atoms with Gasteiger partial charge in [-0.3, -0.25) is 14.4 Å². The molecule has 3 amide bonds. The van der Waals surface area contributed by atoms with E-state index in [0.717, 1.165) is 32.9 Å². The van der Waals surface area contributed by atoms with Crippen LogP contribution in [0.2, 0.25) is 0 Å². The van der Waals surface area contributed by atoms with Crippen molar-refractivity contribution in [3.8, 4) is 0 Å². The van der Waals surface area contributed by atoms with E-state index >= 15 is 0 Å². The van der Waals surface area contributed by atoms with Gasteiger partial charge in [-0.25, -0.2) is 9.78 Å². The Labute approximate surface area is 245 Å². The molecule has 0 fully saturated rings. The Balaban J connectivity index is 1.24. The molecule has 3 heterocycles.